The Labute approximate surface area is 120 Å². The van der Waals surface area contributed by atoms with E-state index in [2.05, 4.69) is 15.1 Å². The van der Waals surface area contributed by atoms with E-state index in [4.69, 9.17) is 23.2 Å². The number of hydrogen-bond acceptors (Lipinski definition) is 3. The highest BCUT2D eigenvalue weighted by Gasteiger charge is 2.23. The standard InChI is InChI=1S/C11H6Cl2N4.ClH/c12-7-1-2-8(9(13)3-7)10-5-17-11(4-14-10)15-6-16-17;/h1-6H;1H. The second-order valence-corrected chi connectivity index (χ2v) is 4.40. The molecule has 2 heterocycles. The van der Waals surface area contributed by atoms with Crippen molar-refractivity contribution in [3.05, 3.63) is 40.0 Å². The van der Waals surface area contributed by atoms with Crippen LogP contribution < -0.4 is 17.4 Å². The molecule has 0 fully saturated rings. The summed E-state index contributed by atoms with van der Waals surface area (Å²) >= 11 is 12.0. The molecule has 0 aromatic heterocycles. The van der Waals surface area contributed by atoms with Crippen LogP contribution in [-0.2, 0) is 0 Å². The maximum absolute atomic E-state index is 6.13. The molecule has 1 aromatic rings. The van der Waals surface area contributed by atoms with Gasteiger partial charge in [0.05, 0.1) is 5.02 Å². The number of nitrogens with zero attached hydrogens (tertiary/aromatic N) is 3. The van der Waals surface area contributed by atoms with Crippen LogP contribution in [0.5, 0.6) is 0 Å². The predicted molar refractivity (Wildman–Crippen MR) is 69.8 cm³/mol. The van der Waals surface area contributed by atoms with Crippen LogP contribution in [-0.4, -0.2) is 18.4 Å². The van der Waals surface area contributed by atoms with Crippen molar-refractivity contribution in [2.75, 3.05) is 0 Å². The van der Waals surface area contributed by atoms with Crippen molar-refractivity contribution >= 4 is 47.3 Å². The van der Waals surface area contributed by atoms with Gasteiger partial charge in [0.1, 0.15) is 11.9 Å². The normalized spacial score (nSPS) is 20.0. The highest BCUT2D eigenvalue weighted by molar-refractivity contribution is 6.36. The Morgan fingerprint density at radius 3 is 2.78 bits per heavy atom. The lowest BCUT2D eigenvalue weighted by atomic mass is 10.1. The molecule has 4 nitrogen and oxygen atoms in total. The van der Waals surface area contributed by atoms with Gasteiger partial charge in [-0.25, -0.2) is 4.99 Å². The van der Waals surface area contributed by atoms with E-state index in [-0.39, 0.29) is 12.4 Å². The number of rotatable bonds is 1. The molecular formula is C11H7Cl3N4. The van der Waals surface area contributed by atoms with E-state index in [1.165, 1.54) is 6.34 Å². The summed E-state index contributed by atoms with van der Waals surface area (Å²) in [7, 11) is 0. The summed E-state index contributed by atoms with van der Waals surface area (Å²) in [6, 6.07) is 5.32. The van der Waals surface area contributed by atoms with Gasteiger partial charge in [-0.2, -0.15) is 4.99 Å². The van der Waals surface area contributed by atoms with E-state index in [1.807, 2.05) is 12.3 Å². The van der Waals surface area contributed by atoms with E-state index in [9.17, 15) is 0 Å². The van der Waals surface area contributed by atoms with Crippen LogP contribution in [0.4, 0.5) is 0 Å². The molecule has 7 heteroatoms. The van der Waals surface area contributed by atoms with Crippen molar-refractivity contribution < 1.29 is 17.4 Å². The van der Waals surface area contributed by atoms with Gasteiger partial charge in [0.25, 0.3) is 5.84 Å². The van der Waals surface area contributed by atoms with Crippen molar-refractivity contribution in [2.45, 2.75) is 0 Å². The van der Waals surface area contributed by atoms with Crippen LogP contribution in [0.25, 0.3) is 5.70 Å². The lowest BCUT2D eigenvalue weighted by molar-refractivity contribution is -0.747. The molecule has 0 aliphatic carbocycles. The minimum absolute atomic E-state index is 0. The smallest absolute Gasteiger partial charge is 0.277 e. The van der Waals surface area contributed by atoms with Gasteiger partial charge in [-0.05, 0) is 18.2 Å². The second kappa shape index (κ2) is 5.20. The van der Waals surface area contributed by atoms with Gasteiger partial charge in [-0.1, -0.05) is 28.3 Å². The number of benzene rings is 1. The predicted octanol–water partition coefficient (Wildman–Crippen LogP) is -1.38. The van der Waals surface area contributed by atoms with Crippen LogP contribution in [0.1, 0.15) is 5.56 Å². The molecule has 1 aromatic carbocycles. The van der Waals surface area contributed by atoms with Gasteiger partial charge < -0.3 is 12.4 Å². The average Bonchev–Trinajstić information content (AvgIpc) is 2.75. The fraction of sp³-hybridized carbons (Fsp3) is 0. The molecule has 0 saturated heterocycles. The number of halogens is 3. The summed E-state index contributed by atoms with van der Waals surface area (Å²) in [5, 5.41) is 6.12. The highest BCUT2D eigenvalue weighted by atomic mass is 35.5. The lowest BCUT2D eigenvalue weighted by Crippen LogP contribution is -3.05. The fourth-order valence-corrected chi connectivity index (χ4v) is 2.14. The Morgan fingerprint density at radius 2 is 2.00 bits per heavy atom. The summed E-state index contributed by atoms with van der Waals surface area (Å²) in [4.78, 5) is 8.37. The molecule has 0 spiro atoms. The largest absolute Gasteiger partial charge is 1.00 e. The van der Waals surface area contributed by atoms with E-state index in [0.29, 0.717) is 10.0 Å². The number of nitrogens with one attached hydrogen (secondary N) is 1. The van der Waals surface area contributed by atoms with Gasteiger partial charge in [-0.3, -0.25) is 0 Å². The first-order valence-corrected chi connectivity index (χ1v) is 5.68. The quantitative estimate of drug-likeness (QED) is 0.664. The molecule has 18 heavy (non-hydrogen) atoms. The van der Waals surface area contributed by atoms with Crippen molar-refractivity contribution in [2.24, 2.45) is 15.1 Å². The summed E-state index contributed by atoms with van der Waals surface area (Å²) < 4.78 is 0. The number of quaternary nitrogens is 1. The van der Waals surface area contributed by atoms with E-state index >= 15 is 0 Å². The number of aliphatic imine (C=N–C) groups is 2. The maximum atomic E-state index is 6.13. The number of hydrogen-bond donors (Lipinski definition) is 1. The minimum Gasteiger partial charge on any atom is -1.00 e. The molecule has 3 rings (SSSR count). The molecule has 0 saturated carbocycles. The molecule has 92 valence electrons. The van der Waals surface area contributed by atoms with Crippen molar-refractivity contribution in [1.29, 1.82) is 0 Å². The SMILES string of the molecule is Clc1ccc(C2=C[NH+]3N=CN=C3C=N2)c(Cl)c1.[Cl-]. The average molecular weight is 302 g/mol. The zero-order valence-corrected chi connectivity index (χ0v) is 11.2. The monoisotopic (exact) mass is 300 g/mol. The Hall–Kier alpha value is -1.20. The zero-order chi connectivity index (χ0) is 11.8. The zero-order valence-electron chi connectivity index (χ0n) is 8.94. The summed E-state index contributed by atoms with van der Waals surface area (Å²) in [5.41, 5.74) is 1.60. The molecule has 1 N–H and O–H groups in total. The van der Waals surface area contributed by atoms with Gasteiger partial charge in [0.2, 0.25) is 0 Å². The molecule has 2 aliphatic heterocycles. The number of amidine groups is 1. The van der Waals surface area contributed by atoms with E-state index < -0.39 is 0 Å². The maximum Gasteiger partial charge on any atom is 0.277 e. The Morgan fingerprint density at radius 1 is 1.17 bits per heavy atom. The first-order valence-electron chi connectivity index (χ1n) is 4.93. The van der Waals surface area contributed by atoms with Crippen LogP contribution in [0, 0.1) is 0 Å². The summed E-state index contributed by atoms with van der Waals surface area (Å²) in [5.74, 6) is 0.777. The molecule has 1 atom stereocenters. The molecule has 0 radical (unpaired) electrons. The first kappa shape index (κ1) is 13.2. The first-order chi connectivity index (χ1) is 8.24. The van der Waals surface area contributed by atoms with Crippen molar-refractivity contribution in [1.82, 2.24) is 0 Å². The van der Waals surface area contributed by atoms with E-state index in [0.717, 1.165) is 22.1 Å². The van der Waals surface area contributed by atoms with E-state index in [1.54, 1.807) is 18.3 Å². The molecular weight excluding hydrogens is 295 g/mol. The van der Waals surface area contributed by atoms with Gasteiger partial charge in [-0.15, -0.1) is 5.01 Å². The molecule has 0 amide bonds. The summed E-state index contributed by atoms with van der Waals surface area (Å²) in [6.45, 7) is 0. The van der Waals surface area contributed by atoms with Crippen LogP contribution in [0.3, 0.4) is 0 Å². The second-order valence-electron chi connectivity index (χ2n) is 3.56. The van der Waals surface area contributed by atoms with Crippen LogP contribution in [0.15, 0.2) is 39.5 Å². The molecule has 0 bridgehead atoms. The third kappa shape index (κ3) is 2.33. The van der Waals surface area contributed by atoms with Crippen molar-refractivity contribution in [3.63, 3.8) is 0 Å². The topological polar surface area (TPSA) is 41.5 Å². The van der Waals surface area contributed by atoms with Crippen LogP contribution >= 0.6 is 23.2 Å². The highest BCUT2D eigenvalue weighted by Crippen LogP contribution is 2.27. The third-order valence-corrected chi connectivity index (χ3v) is 3.01. The molecule has 1 unspecified atom stereocenters. The van der Waals surface area contributed by atoms with Gasteiger partial charge >= 0.3 is 0 Å². The fourth-order valence-electron chi connectivity index (χ4n) is 1.64. The van der Waals surface area contributed by atoms with Gasteiger partial charge in [0, 0.05) is 10.6 Å². The minimum atomic E-state index is 0. The Bertz CT molecular complexity index is 604. The Balaban J connectivity index is 0.00000120. The third-order valence-electron chi connectivity index (χ3n) is 2.46. The lowest BCUT2D eigenvalue weighted by Gasteiger charge is -2.10. The van der Waals surface area contributed by atoms with Crippen LogP contribution in [0.2, 0.25) is 10.0 Å². The Kier molecular flexibility index (Phi) is 3.82. The number of fused-ring (bicyclic) bond motifs is 1. The molecule has 2 aliphatic rings. The van der Waals surface area contributed by atoms with Gasteiger partial charge in [0.15, 0.2) is 12.5 Å². The van der Waals surface area contributed by atoms with Crippen molar-refractivity contribution in [3.8, 4) is 0 Å². The summed E-state index contributed by atoms with van der Waals surface area (Å²) in [6.07, 6.45) is 5.06.